The number of carbonyl (C=O) groups excluding carboxylic acids is 4. The summed E-state index contributed by atoms with van der Waals surface area (Å²) < 4.78 is 0. The highest BCUT2D eigenvalue weighted by molar-refractivity contribution is 6.24. The van der Waals surface area contributed by atoms with Crippen molar-refractivity contribution in [3.63, 3.8) is 0 Å². The Kier molecular flexibility index (Phi) is 7.66. The quantitative estimate of drug-likeness (QED) is 0.237. The van der Waals surface area contributed by atoms with Crippen molar-refractivity contribution in [2.75, 3.05) is 0 Å². The van der Waals surface area contributed by atoms with Gasteiger partial charge in [-0.1, -0.05) is 66.0 Å². The van der Waals surface area contributed by atoms with Gasteiger partial charge < -0.3 is 25.2 Å². The first-order valence-electron chi connectivity index (χ1n) is 14.6. The Morgan fingerprint density at radius 3 is 2.20 bits per heavy atom. The summed E-state index contributed by atoms with van der Waals surface area (Å²) in [6, 6.07) is 4.86. The van der Waals surface area contributed by atoms with Gasteiger partial charge in [-0.05, 0) is 49.7 Å². The average molecular weight is 567 g/mol. The zero-order valence-electron chi connectivity index (χ0n) is 25.0. The zero-order valence-corrected chi connectivity index (χ0v) is 25.0. The molecule has 6 atom stereocenters. The van der Waals surface area contributed by atoms with Crippen molar-refractivity contribution in [1.82, 2.24) is 0 Å². The molecule has 0 heterocycles. The largest absolute Gasteiger partial charge is 0.508 e. The van der Waals surface area contributed by atoms with Gasteiger partial charge in [0.05, 0.1) is 5.56 Å². The van der Waals surface area contributed by atoms with Gasteiger partial charge in [0, 0.05) is 28.7 Å². The normalized spacial score (nSPS) is 33.0. The molecule has 4 rings (SSSR count). The van der Waals surface area contributed by atoms with Gasteiger partial charge in [0.15, 0.2) is 17.2 Å². The van der Waals surface area contributed by atoms with E-state index in [2.05, 4.69) is 6.92 Å². The van der Waals surface area contributed by atoms with Crippen LogP contribution in [0.2, 0.25) is 0 Å². The molecule has 0 spiro atoms. The van der Waals surface area contributed by atoms with Gasteiger partial charge in [-0.2, -0.15) is 0 Å². The van der Waals surface area contributed by atoms with Crippen molar-refractivity contribution in [2.45, 2.75) is 92.1 Å². The minimum atomic E-state index is -2.78. The van der Waals surface area contributed by atoms with Crippen molar-refractivity contribution in [3.05, 3.63) is 46.2 Å². The number of ketones is 4. The number of allylic oxidation sites excluding steroid dienone is 1. The summed E-state index contributed by atoms with van der Waals surface area (Å²) in [7, 11) is 0. The molecule has 1 aromatic rings. The van der Waals surface area contributed by atoms with Crippen molar-refractivity contribution < 1.29 is 39.6 Å². The molecule has 1 unspecified atom stereocenters. The number of phenolic OH excluding ortho intramolecular Hbond substituents is 1. The summed E-state index contributed by atoms with van der Waals surface area (Å²) in [5.74, 6) is -7.52. The average Bonchev–Trinajstić information content (AvgIpc) is 2.86. The monoisotopic (exact) mass is 566 g/mol. The van der Waals surface area contributed by atoms with Crippen LogP contribution in [0.1, 0.15) is 97.6 Å². The Hall–Kier alpha value is -3.26. The minimum Gasteiger partial charge on any atom is -0.508 e. The molecule has 3 aliphatic carbocycles. The van der Waals surface area contributed by atoms with Crippen LogP contribution in [0.5, 0.6) is 5.75 Å². The maximum Gasteiger partial charge on any atom is 0.203 e. The maximum atomic E-state index is 14.8. The number of hydrogen-bond donors (Lipinski definition) is 4. The molecule has 1 saturated carbocycles. The van der Waals surface area contributed by atoms with Crippen LogP contribution in [-0.2, 0) is 19.2 Å². The van der Waals surface area contributed by atoms with E-state index in [1.807, 2.05) is 0 Å². The lowest BCUT2D eigenvalue weighted by molar-refractivity contribution is -0.200. The Balaban J connectivity index is 2.21. The predicted molar refractivity (Wildman–Crippen MR) is 153 cm³/mol. The third-order valence-electron chi connectivity index (χ3n) is 10.3. The van der Waals surface area contributed by atoms with Crippen molar-refractivity contribution in [3.8, 4) is 5.75 Å². The van der Waals surface area contributed by atoms with E-state index in [-0.39, 0.29) is 29.1 Å². The standard InChI is InChI=1S/C33H42O8/c1-8-9-10-13-20-19-12-11-14-21(36)24(19)28(38)26-30(40)33(41)29(39)23(18(5)35)27(37)25(16(2)3)32(33,7)22(15-17(4)34)31(20,26)6/h11-12,14,16,20,22,25,36,38-39,41H,8-10,13,15H2,1-7H3/t20-,22-,25?,31-,32-,33+/m1/s1. The lowest BCUT2D eigenvalue weighted by Gasteiger charge is -2.65. The molecule has 1 fully saturated rings. The molecule has 0 amide bonds. The Labute approximate surface area is 241 Å². The second-order valence-corrected chi connectivity index (χ2v) is 12.9. The molecule has 4 N–H and O–H groups in total. The highest BCUT2D eigenvalue weighted by Gasteiger charge is 2.77. The van der Waals surface area contributed by atoms with E-state index in [9.17, 15) is 39.6 Å². The molecule has 1 aromatic carbocycles. The maximum absolute atomic E-state index is 14.8. The lowest BCUT2D eigenvalue weighted by Crippen LogP contribution is -2.73. The first-order valence-corrected chi connectivity index (χ1v) is 14.6. The van der Waals surface area contributed by atoms with E-state index in [1.54, 1.807) is 39.8 Å². The highest BCUT2D eigenvalue weighted by atomic mass is 16.3. The first kappa shape index (κ1) is 30.7. The molecular weight excluding hydrogens is 524 g/mol. The number of aliphatic hydroxyl groups excluding tert-OH is 2. The molecule has 8 nitrogen and oxygen atoms in total. The van der Waals surface area contributed by atoms with Crippen molar-refractivity contribution >= 4 is 28.9 Å². The minimum absolute atomic E-state index is 0.0751. The summed E-state index contributed by atoms with van der Waals surface area (Å²) in [6.07, 6.45) is 2.96. The van der Waals surface area contributed by atoms with Gasteiger partial charge in [0.2, 0.25) is 5.78 Å². The number of phenols is 1. The fourth-order valence-electron chi connectivity index (χ4n) is 8.68. The van der Waals surface area contributed by atoms with E-state index < -0.39 is 74.5 Å². The second kappa shape index (κ2) is 10.2. The predicted octanol–water partition coefficient (Wildman–Crippen LogP) is 5.52. The van der Waals surface area contributed by atoms with Crippen LogP contribution in [0.4, 0.5) is 0 Å². The molecule has 0 radical (unpaired) electrons. The van der Waals surface area contributed by atoms with Crippen LogP contribution in [0.25, 0.3) is 5.76 Å². The molecule has 0 bridgehead atoms. The van der Waals surface area contributed by atoms with E-state index in [1.165, 1.54) is 13.0 Å². The van der Waals surface area contributed by atoms with Gasteiger partial charge in [-0.15, -0.1) is 0 Å². The van der Waals surface area contributed by atoms with Crippen LogP contribution >= 0.6 is 0 Å². The zero-order chi connectivity index (χ0) is 30.8. The Morgan fingerprint density at radius 1 is 1.02 bits per heavy atom. The second-order valence-electron chi connectivity index (χ2n) is 12.9. The molecule has 0 aliphatic heterocycles. The van der Waals surface area contributed by atoms with E-state index >= 15 is 0 Å². The number of Topliss-reactive ketones (excluding diaryl/α,β-unsaturated/α-hetero) is 4. The fraction of sp³-hybridized carbons (Fsp3) is 0.576. The van der Waals surface area contributed by atoms with Crippen LogP contribution < -0.4 is 0 Å². The summed E-state index contributed by atoms with van der Waals surface area (Å²) in [6.45, 7) is 11.4. The molecule has 8 heteroatoms. The molecule has 0 saturated heterocycles. The lowest BCUT2D eigenvalue weighted by atomic mass is 9.36. The van der Waals surface area contributed by atoms with Gasteiger partial charge in [-0.3, -0.25) is 14.4 Å². The summed E-state index contributed by atoms with van der Waals surface area (Å²) in [5.41, 5.74) is -5.93. The number of hydrogen-bond acceptors (Lipinski definition) is 8. The van der Waals surface area contributed by atoms with Gasteiger partial charge >= 0.3 is 0 Å². The number of benzene rings is 1. The molecule has 41 heavy (non-hydrogen) atoms. The SMILES string of the molecule is CCCCC[C@@H]1c2cccc(O)c2C(O)=C2C(=O)[C@@]3(O)C(O)=C(C(C)=O)C(=O)C(C(C)C)[C@@]3(C)[C@H](CC(C)=O)[C@]21C. The van der Waals surface area contributed by atoms with E-state index in [0.717, 1.165) is 26.2 Å². The third kappa shape index (κ3) is 3.89. The number of carbonyl (C=O) groups is 4. The molecule has 222 valence electrons. The van der Waals surface area contributed by atoms with Crippen LogP contribution in [-0.4, -0.2) is 49.2 Å². The fourth-order valence-corrected chi connectivity index (χ4v) is 8.68. The summed E-state index contributed by atoms with van der Waals surface area (Å²) >= 11 is 0. The van der Waals surface area contributed by atoms with E-state index in [4.69, 9.17) is 0 Å². The smallest absolute Gasteiger partial charge is 0.203 e. The highest BCUT2D eigenvalue weighted by Crippen LogP contribution is 2.71. The number of fused-ring (bicyclic) bond motifs is 3. The van der Waals surface area contributed by atoms with Crippen LogP contribution in [0.15, 0.2) is 35.1 Å². The Morgan fingerprint density at radius 2 is 1.66 bits per heavy atom. The number of aromatic hydroxyl groups is 1. The number of rotatable bonds is 8. The van der Waals surface area contributed by atoms with Crippen LogP contribution in [0, 0.1) is 28.6 Å². The Bertz CT molecular complexity index is 1400. The molecule has 0 aromatic heterocycles. The summed E-state index contributed by atoms with van der Waals surface area (Å²) in [5, 5.41) is 46.7. The number of aliphatic hydroxyl groups is 3. The molecule has 3 aliphatic rings. The van der Waals surface area contributed by atoms with E-state index in [0.29, 0.717) is 12.0 Å². The van der Waals surface area contributed by atoms with Gasteiger partial charge in [0.25, 0.3) is 0 Å². The molecular formula is C33H42O8. The van der Waals surface area contributed by atoms with Gasteiger partial charge in [0.1, 0.15) is 28.6 Å². The summed E-state index contributed by atoms with van der Waals surface area (Å²) in [4.78, 5) is 54.4. The van der Waals surface area contributed by atoms with Crippen molar-refractivity contribution in [1.29, 1.82) is 0 Å². The van der Waals surface area contributed by atoms with Crippen molar-refractivity contribution in [2.24, 2.45) is 28.6 Å². The first-order chi connectivity index (χ1) is 19.0. The number of unbranched alkanes of at least 4 members (excludes halogenated alkanes) is 2. The van der Waals surface area contributed by atoms with Crippen LogP contribution in [0.3, 0.4) is 0 Å². The topological polar surface area (TPSA) is 149 Å². The van der Waals surface area contributed by atoms with Gasteiger partial charge in [-0.25, -0.2) is 0 Å². The third-order valence-corrected chi connectivity index (χ3v) is 10.3.